The van der Waals surface area contributed by atoms with Gasteiger partial charge in [-0.15, -0.1) is 0 Å². The quantitative estimate of drug-likeness (QED) is 0.210. The summed E-state index contributed by atoms with van der Waals surface area (Å²) in [6, 6.07) is 13.5. The maximum atomic E-state index is 10.7. The molecule has 1 amide bonds. The van der Waals surface area contributed by atoms with Crippen LogP contribution in [0, 0.1) is 5.92 Å². The van der Waals surface area contributed by atoms with E-state index in [0.29, 0.717) is 16.7 Å². The number of carbonyl (C=O) groups excluding carboxylic acids is 1. The summed E-state index contributed by atoms with van der Waals surface area (Å²) in [6.07, 6.45) is 7.15. The molecule has 3 N–H and O–H groups in total. The second-order valence-electron chi connectivity index (χ2n) is 8.74. The van der Waals surface area contributed by atoms with Crippen molar-refractivity contribution in [1.29, 1.82) is 0 Å². The molecule has 9 heteroatoms. The average molecular weight is 561 g/mol. The van der Waals surface area contributed by atoms with Gasteiger partial charge in [0.15, 0.2) is 16.7 Å². The van der Waals surface area contributed by atoms with Gasteiger partial charge in [-0.1, -0.05) is 75.2 Å². The van der Waals surface area contributed by atoms with Crippen molar-refractivity contribution in [2.75, 3.05) is 33.6 Å². The number of nitrogens with zero attached hydrogens (tertiary/aromatic N) is 2. The lowest BCUT2D eigenvalue weighted by Gasteiger charge is -2.09. The maximum Gasteiger partial charge on any atom is 0.227 e. The third-order valence-corrected chi connectivity index (χ3v) is 6.28. The largest absolute Gasteiger partial charge is 0.493 e. The number of halogens is 1. The number of carbonyl (C=O) groups is 1. The van der Waals surface area contributed by atoms with Gasteiger partial charge in [-0.3, -0.25) is 4.79 Å². The van der Waals surface area contributed by atoms with Crippen LogP contribution in [0.2, 0.25) is 5.02 Å². The number of nitrogens with two attached hydrogens (primary N) is 1. The lowest BCUT2D eigenvalue weighted by molar-refractivity contribution is -0.115. The Labute approximate surface area is 236 Å². The highest BCUT2D eigenvalue weighted by molar-refractivity contribution is 7.99. The molecule has 1 aromatic heterocycles. The molecule has 0 spiro atoms. The predicted octanol–water partition coefficient (Wildman–Crippen LogP) is 6.28. The predicted molar refractivity (Wildman–Crippen MR) is 159 cm³/mol. The van der Waals surface area contributed by atoms with Crippen molar-refractivity contribution in [1.82, 2.24) is 15.3 Å². The van der Waals surface area contributed by atoms with Crippen molar-refractivity contribution in [2.24, 2.45) is 11.7 Å². The molecule has 208 valence electrons. The highest BCUT2D eigenvalue weighted by Crippen LogP contribution is 2.32. The van der Waals surface area contributed by atoms with Gasteiger partial charge in [0, 0.05) is 23.0 Å². The Morgan fingerprint density at radius 2 is 1.66 bits per heavy atom. The Morgan fingerprint density at radius 3 is 2.13 bits per heavy atom. The van der Waals surface area contributed by atoms with Crippen LogP contribution >= 0.6 is 23.4 Å². The molecule has 1 heterocycles. The van der Waals surface area contributed by atoms with E-state index in [9.17, 15) is 4.79 Å². The molecular formula is C29H41ClN4O3S. The third-order valence-electron chi connectivity index (χ3n) is 5.13. The zero-order valence-electron chi connectivity index (χ0n) is 23.3. The molecule has 0 saturated carbocycles. The van der Waals surface area contributed by atoms with Crippen LogP contribution in [0.1, 0.15) is 39.2 Å². The van der Waals surface area contributed by atoms with E-state index in [2.05, 4.69) is 48.2 Å². The Kier molecular flexibility index (Phi) is 16.9. The number of likely N-dealkylation sites (N-methyl/N-ethyl adjacent to an activating group) is 1. The first-order valence-electron chi connectivity index (χ1n) is 12.6. The molecule has 0 aliphatic heterocycles. The van der Waals surface area contributed by atoms with Crippen LogP contribution in [0.15, 0.2) is 60.0 Å². The molecule has 2 aromatic carbocycles. The van der Waals surface area contributed by atoms with Gasteiger partial charge < -0.3 is 20.5 Å². The summed E-state index contributed by atoms with van der Waals surface area (Å²) >= 11 is 6.93. The van der Waals surface area contributed by atoms with E-state index >= 15 is 0 Å². The van der Waals surface area contributed by atoms with Crippen molar-refractivity contribution < 1.29 is 14.3 Å². The number of aromatic nitrogens is 2. The fourth-order valence-electron chi connectivity index (χ4n) is 3.19. The number of ether oxygens (including phenoxy) is 2. The second-order valence-corrected chi connectivity index (χ2v) is 10.1. The summed E-state index contributed by atoms with van der Waals surface area (Å²) in [7, 11) is 5.13. The van der Waals surface area contributed by atoms with Crippen molar-refractivity contribution >= 4 is 29.3 Å². The number of hydrogen-bond donors (Lipinski definition) is 2. The molecule has 0 atom stereocenters. The third kappa shape index (κ3) is 13.7. The Balaban J connectivity index is 0.000000353. The Hall–Kier alpha value is -2.81. The van der Waals surface area contributed by atoms with E-state index in [-0.39, 0.29) is 5.75 Å². The zero-order chi connectivity index (χ0) is 28.3. The summed E-state index contributed by atoms with van der Waals surface area (Å²) < 4.78 is 10.5. The topological polar surface area (TPSA) is 99.4 Å². The van der Waals surface area contributed by atoms with Crippen LogP contribution < -0.4 is 20.5 Å². The fourth-order valence-corrected chi connectivity index (χ4v) is 3.84. The molecule has 3 aromatic rings. The minimum Gasteiger partial charge on any atom is -0.493 e. The van der Waals surface area contributed by atoms with Crippen LogP contribution in [-0.2, 0) is 11.2 Å². The SMILES string of the molecule is CCCC(C)C.CNCCc1ccc(Cl)cc1.COc1ccc(-c2cnc(SCC(N)=O)nc2)cc1OC. The fraction of sp³-hybridized carbons (Fsp3) is 0.414. The van der Waals surface area contributed by atoms with E-state index in [1.54, 1.807) is 26.6 Å². The first kappa shape index (κ1) is 33.2. The van der Waals surface area contributed by atoms with Crippen LogP contribution in [0.3, 0.4) is 0 Å². The highest BCUT2D eigenvalue weighted by atomic mass is 35.5. The summed E-state index contributed by atoms with van der Waals surface area (Å²) in [4.78, 5) is 19.1. The molecule has 0 unspecified atom stereocenters. The van der Waals surface area contributed by atoms with E-state index < -0.39 is 5.91 Å². The molecular weight excluding hydrogens is 520 g/mol. The van der Waals surface area contributed by atoms with Crippen molar-refractivity contribution in [3.8, 4) is 22.6 Å². The monoisotopic (exact) mass is 560 g/mol. The molecule has 38 heavy (non-hydrogen) atoms. The Bertz CT molecular complexity index is 1060. The molecule has 0 saturated heterocycles. The average Bonchev–Trinajstić information content (AvgIpc) is 2.92. The van der Waals surface area contributed by atoms with Gasteiger partial charge >= 0.3 is 0 Å². The van der Waals surface area contributed by atoms with Gasteiger partial charge in [-0.05, 0) is 61.3 Å². The summed E-state index contributed by atoms with van der Waals surface area (Å²) in [5.41, 5.74) is 8.16. The summed E-state index contributed by atoms with van der Waals surface area (Å²) in [6.45, 7) is 7.74. The highest BCUT2D eigenvalue weighted by Gasteiger charge is 2.08. The molecule has 0 fully saturated rings. The van der Waals surface area contributed by atoms with Gasteiger partial charge in [0.2, 0.25) is 5.91 Å². The van der Waals surface area contributed by atoms with E-state index in [1.165, 1.54) is 30.2 Å². The number of benzene rings is 2. The lowest BCUT2D eigenvalue weighted by atomic mass is 10.1. The first-order chi connectivity index (χ1) is 18.2. The van der Waals surface area contributed by atoms with Gasteiger partial charge in [-0.2, -0.15) is 0 Å². The zero-order valence-corrected chi connectivity index (χ0v) is 24.9. The van der Waals surface area contributed by atoms with E-state index in [4.69, 9.17) is 26.8 Å². The number of thioether (sulfide) groups is 1. The number of rotatable bonds is 11. The number of hydrogen-bond acceptors (Lipinski definition) is 7. The standard InChI is InChI=1S/C14H15N3O3S.C9H12ClN.C6H14/c1-19-11-4-3-9(5-12(11)20-2)10-6-16-14(17-7-10)21-8-13(15)18;1-11-7-6-8-2-4-9(10)5-3-8;1-4-5-6(2)3/h3-7H,8H2,1-2H3,(H2,15,18);2-5,11H,6-7H2,1H3;6H,4-5H2,1-3H3. The van der Waals surface area contributed by atoms with Crippen LogP contribution in [0.4, 0.5) is 0 Å². The maximum absolute atomic E-state index is 10.7. The van der Waals surface area contributed by atoms with E-state index in [0.717, 1.165) is 35.0 Å². The van der Waals surface area contributed by atoms with Gasteiger partial charge in [0.25, 0.3) is 0 Å². The lowest BCUT2D eigenvalue weighted by Crippen LogP contribution is -2.13. The molecule has 0 aliphatic rings. The molecule has 3 rings (SSSR count). The van der Waals surface area contributed by atoms with E-state index in [1.807, 2.05) is 37.4 Å². The van der Waals surface area contributed by atoms with Crippen molar-refractivity contribution in [3.63, 3.8) is 0 Å². The molecule has 0 aliphatic carbocycles. The second kappa shape index (κ2) is 19.3. The smallest absolute Gasteiger partial charge is 0.227 e. The van der Waals surface area contributed by atoms with Gasteiger partial charge in [0.05, 0.1) is 20.0 Å². The minimum atomic E-state index is -0.396. The number of primary amides is 1. The normalized spacial score (nSPS) is 10.1. The molecule has 0 bridgehead atoms. The van der Waals surface area contributed by atoms with Crippen molar-refractivity contribution in [2.45, 2.75) is 45.2 Å². The van der Waals surface area contributed by atoms with Crippen molar-refractivity contribution in [3.05, 3.63) is 65.4 Å². The van der Waals surface area contributed by atoms with Crippen LogP contribution in [0.25, 0.3) is 11.1 Å². The summed E-state index contributed by atoms with van der Waals surface area (Å²) in [5, 5.41) is 4.41. The molecule has 7 nitrogen and oxygen atoms in total. The van der Waals surface area contributed by atoms with Crippen LogP contribution in [0.5, 0.6) is 11.5 Å². The van der Waals surface area contributed by atoms with Gasteiger partial charge in [-0.25, -0.2) is 9.97 Å². The number of amides is 1. The number of nitrogens with one attached hydrogen (secondary N) is 1. The van der Waals surface area contributed by atoms with Gasteiger partial charge in [0.1, 0.15) is 0 Å². The summed E-state index contributed by atoms with van der Waals surface area (Å²) in [5.74, 6) is 1.97. The van der Waals surface area contributed by atoms with Crippen LogP contribution in [-0.4, -0.2) is 49.4 Å². The Morgan fingerprint density at radius 1 is 1.03 bits per heavy atom. The molecule has 0 radical (unpaired) electrons. The first-order valence-corrected chi connectivity index (χ1v) is 13.9. The number of methoxy groups -OCH3 is 2. The minimum absolute atomic E-state index is 0.162.